The molecule has 9 aromatic carbocycles. The molecule has 0 bridgehead atoms. The van der Waals surface area contributed by atoms with Crippen molar-refractivity contribution in [3.8, 4) is 28.1 Å². The Morgan fingerprint density at radius 1 is 0.373 bits per heavy atom. The van der Waals surface area contributed by atoms with Gasteiger partial charge in [-0.05, 0) is 83.9 Å². The molecule has 0 atom stereocenters. The highest BCUT2D eigenvalue weighted by Gasteiger charge is 2.21. The molecular weight excluding hydrogens is 719 g/mol. The Bertz CT molecular complexity index is 3530. The van der Waals surface area contributed by atoms with Crippen molar-refractivity contribution >= 4 is 82.5 Å². The summed E-state index contributed by atoms with van der Waals surface area (Å²) in [6.45, 7) is 0. The molecule has 0 radical (unpaired) electrons. The average molecular weight is 754 g/mol. The van der Waals surface area contributed by atoms with Crippen LogP contribution in [-0.2, 0) is 0 Å². The molecule has 0 aliphatic carbocycles. The molecule has 4 nitrogen and oxygen atoms in total. The Balaban J connectivity index is 1.03. The maximum absolute atomic E-state index is 6.39. The Kier molecular flexibility index (Phi) is 7.50. The molecule has 12 rings (SSSR count). The van der Waals surface area contributed by atoms with Gasteiger partial charge in [-0.25, -0.2) is 4.98 Å². The van der Waals surface area contributed by atoms with Crippen LogP contribution in [0, 0.1) is 0 Å². The van der Waals surface area contributed by atoms with Crippen LogP contribution in [0.1, 0.15) is 0 Å². The molecule has 0 saturated heterocycles. The lowest BCUT2D eigenvalue weighted by molar-refractivity contribution is 0.669. The van der Waals surface area contributed by atoms with E-state index >= 15 is 0 Å². The molecule has 0 aliphatic rings. The normalized spacial score (nSPS) is 11.7. The van der Waals surface area contributed by atoms with Gasteiger partial charge in [0.2, 0.25) is 0 Å². The molecule has 276 valence electrons. The number of nitrogens with zero attached hydrogens (tertiary/aromatic N) is 3. The highest BCUT2D eigenvalue weighted by atomic mass is 16.3. The summed E-state index contributed by atoms with van der Waals surface area (Å²) in [4.78, 5) is 7.68. The Labute approximate surface area is 340 Å². The molecule has 0 aliphatic heterocycles. The van der Waals surface area contributed by atoms with Crippen LogP contribution >= 0.6 is 0 Å². The van der Waals surface area contributed by atoms with Gasteiger partial charge in [0.25, 0.3) is 0 Å². The monoisotopic (exact) mass is 753 g/mol. The van der Waals surface area contributed by atoms with Crippen molar-refractivity contribution < 1.29 is 4.42 Å². The van der Waals surface area contributed by atoms with E-state index in [0.717, 1.165) is 72.2 Å². The number of fused-ring (bicyclic) bond motifs is 10. The second-order valence-corrected chi connectivity index (χ2v) is 15.1. The summed E-state index contributed by atoms with van der Waals surface area (Å²) >= 11 is 0. The second-order valence-electron chi connectivity index (χ2n) is 15.1. The first kappa shape index (κ1) is 33.2. The molecule has 0 unspecified atom stereocenters. The molecular formula is C55H35N3O. The van der Waals surface area contributed by atoms with Gasteiger partial charge < -0.3 is 13.9 Å². The average Bonchev–Trinajstić information content (AvgIpc) is 3.85. The van der Waals surface area contributed by atoms with Crippen LogP contribution in [0.2, 0.25) is 0 Å². The first-order valence-corrected chi connectivity index (χ1v) is 20.0. The van der Waals surface area contributed by atoms with Crippen molar-refractivity contribution in [2.75, 3.05) is 4.90 Å². The Morgan fingerprint density at radius 2 is 0.949 bits per heavy atom. The minimum atomic E-state index is 0.859. The van der Waals surface area contributed by atoms with E-state index in [0.29, 0.717) is 0 Å². The third-order valence-electron chi connectivity index (χ3n) is 11.8. The number of hydrogen-bond donors (Lipinski definition) is 0. The number of furan rings is 1. The number of anilines is 3. The van der Waals surface area contributed by atoms with Crippen LogP contribution in [0.4, 0.5) is 17.1 Å². The summed E-state index contributed by atoms with van der Waals surface area (Å²) in [7, 11) is 0. The number of hydrogen-bond acceptors (Lipinski definition) is 3. The number of benzene rings is 9. The van der Waals surface area contributed by atoms with Gasteiger partial charge in [0.1, 0.15) is 11.2 Å². The molecule has 12 aromatic rings. The molecule has 0 saturated carbocycles. The number of pyridine rings is 1. The third kappa shape index (κ3) is 5.34. The summed E-state index contributed by atoms with van der Waals surface area (Å²) in [5.41, 5.74) is 13.7. The van der Waals surface area contributed by atoms with E-state index in [-0.39, 0.29) is 0 Å². The summed E-state index contributed by atoms with van der Waals surface area (Å²) in [5.74, 6) is 0. The van der Waals surface area contributed by atoms with Crippen molar-refractivity contribution in [1.29, 1.82) is 0 Å². The quantitative estimate of drug-likeness (QED) is 0.159. The first-order chi connectivity index (χ1) is 29.3. The van der Waals surface area contributed by atoms with Crippen molar-refractivity contribution in [3.63, 3.8) is 0 Å². The van der Waals surface area contributed by atoms with Crippen LogP contribution < -0.4 is 4.90 Å². The highest BCUT2D eigenvalue weighted by Crippen LogP contribution is 2.44. The van der Waals surface area contributed by atoms with E-state index in [1.807, 2.05) is 12.1 Å². The fourth-order valence-corrected chi connectivity index (χ4v) is 9.08. The van der Waals surface area contributed by atoms with E-state index in [4.69, 9.17) is 9.40 Å². The van der Waals surface area contributed by atoms with E-state index < -0.39 is 0 Å². The summed E-state index contributed by atoms with van der Waals surface area (Å²) in [6.07, 6.45) is 0. The minimum absolute atomic E-state index is 0.859. The minimum Gasteiger partial charge on any atom is -0.456 e. The summed E-state index contributed by atoms with van der Waals surface area (Å²) in [6, 6.07) is 75.5. The number of rotatable bonds is 6. The van der Waals surface area contributed by atoms with Crippen LogP contribution in [0.5, 0.6) is 0 Å². The molecule has 0 spiro atoms. The molecule has 3 heterocycles. The van der Waals surface area contributed by atoms with Crippen LogP contribution in [-0.4, -0.2) is 9.55 Å². The van der Waals surface area contributed by atoms with Gasteiger partial charge in [-0.2, -0.15) is 0 Å². The standard InChI is InChI=1S/C55H35N3O/c1-3-13-36(14-4-1)37-23-27-40(28-24-37)57(42-31-32-44-43-17-9-12-22-51(43)59-52(44)35-42)41-29-25-38(26-30-41)55-47-33-34-50-54(53(47)45-18-7-10-20-48(45)56-55)46-19-8-11-21-49(46)58(50)39-15-5-2-6-16-39/h1-35H. The number of para-hydroxylation sites is 4. The third-order valence-corrected chi connectivity index (χ3v) is 11.8. The lowest BCUT2D eigenvalue weighted by Gasteiger charge is -2.26. The van der Waals surface area contributed by atoms with Gasteiger partial charge in [-0.3, -0.25) is 0 Å². The summed E-state index contributed by atoms with van der Waals surface area (Å²) in [5, 5.41) is 8.19. The van der Waals surface area contributed by atoms with Crippen LogP contribution in [0.25, 0.3) is 93.5 Å². The topological polar surface area (TPSA) is 34.2 Å². The van der Waals surface area contributed by atoms with Gasteiger partial charge in [-0.15, -0.1) is 0 Å². The van der Waals surface area contributed by atoms with Gasteiger partial charge in [0.15, 0.2) is 0 Å². The van der Waals surface area contributed by atoms with Gasteiger partial charge in [0.05, 0.1) is 22.2 Å². The van der Waals surface area contributed by atoms with E-state index in [2.05, 4.69) is 210 Å². The van der Waals surface area contributed by atoms with Gasteiger partial charge >= 0.3 is 0 Å². The molecule has 3 aromatic heterocycles. The van der Waals surface area contributed by atoms with Crippen molar-refractivity contribution in [2.45, 2.75) is 0 Å². The van der Waals surface area contributed by atoms with Crippen molar-refractivity contribution in [3.05, 3.63) is 212 Å². The lowest BCUT2D eigenvalue weighted by atomic mass is 9.96. The lowest BCUT2D eigenvalue weighted by Crippen LogP contribution is -2.09. The molecule has 0 amide bonds. The van der Waals surface area contributed by atoms with Gasteiger partial charge in [-0.1, -0.05) is 133 Å². The molecule has 0 fully saturated rings. The first-order valence-electron chi connectivity index (χ1n) is 20.0. The zero-order chi connectivity index (χ0) is 38.9. The van der Waals surface area contributed by atoms with Crippen molar-refractivity contribution in [1.82, 2.24) is 9.55 Å². The Hall–Kier alpha value is -7.95. The van der Waals surface area contributed by atoms with Crippen LogP contribution in [0.3, 0.4) is 0 Å². The van der Waals surface area contributed by atoms with E-state index in [1.54, 1.807) is 0 Å². The SMILES string of the molecule is c1ccc(-c2ccc(N(c3ccc(-c4nc5ccccc5c5c4ccc4c5c5ccccc5n4-c4ccccc4)cc3)c3ccc4c(c3)oc3ccccc34)cc2)cc1. The van der Waals surface area contributed by atoms with Gasteiger partial charge in [0, 0.05) is 72.1 Å². The van der Waals surface area contributed by atoms with E-state index in [1.165, 1.54) is 38.3 Å². The molecule has 59 heavy (non-hydrogen) atoms. The maximum atomic E-state index is 6.39. The summed E-state index contributed by atoms with van der Waals surface area (Å²) < 4.78 is 8.78. The zero-order valence-corrected chi connectivity index (χ0v) is 32.0. The molecule has 4 heteroatoms. The molecule has 0 N–H and O–H groups in total. The fourth-order valence-electron chi connectivity index (χ4n) is 9.08. The predicted molar refractivity (Wildman–Crippen MR) is 246 cm³/mol. The van der Waals surface area contributed by atoms with Crippen LogP contribution in [0.15, 0.2) is 217 Å². The predicted octanol–water partition coefficient (Wildman–Crippen LogP) is 15.2. The zero-order valence-electron chi connectivity index (χ0n) is 32.0. The largest absolute Gasteiger partial charge is 0.456 e. The van der Waals surface area contributed by atoms with E-state index in [9.17, 15) is 0 Å². The maximum Gasteiger partial charge on any atom is 0.137 e. The Morgan fingerprint density at radius 3 is 1.73 bits per heavy atom. The van der Waals surface area contributed by atoms with Crippen molar-refractivity contribution in [2.24, 2.45) is 0 Å². The fraction of sp³-hybridized carbons (Fsp3) is 0. The smallest absolute Gasteiger partial charge is 0.137 e. The number of aromatic nitrogens is 2. The highest BCUT2D eigenvalue weighted by molar-refractivity contribution is 6.29. The second kappa shape index (κ2) is 13.3.